The van der Waals surface area contributed by atoms with Crippen LogP contribution < -0.4 is 10.2 Å². The van der Waals surface area contributed by atoms with Gasteiger partial charge in [-0.1, -0.05) is 35.5 Å². The van der Waals surface area contributed by atoms with Crippen LogP contribution in [-0.4, -0.2) is 50.1 Å². The average molecular weight is 424 g/mol. The topological polar surface area (TPSA) is 127 Å². The van der Waals surface area contributed by atoms with Crippen LogP contribution in [0.15, 0.2) is 47.1 Å². The lowest BCUT2D eigenvalue weighted by molar-refractivity contribution is 0.142. The zero-order chi connectivity index (χ0) is 21.8. The number of nitrogens with one attached hydrogen (secondary N) is 1. The molecule has 162 valence electrons. The number of amides is 1. The van der Waals surface area contributed by atoms with Crippen LogP contribution in [0.3, 0.4) is 0 Å². The van der Waals surface area contributed by atoms with E-state index < -0.39 is 18.2 Å². The monoisotopic (exact) mass is 424 g/mol. The van der Waals surface area contributed by atoms with Gasteiger partial charge in [-0.05, 0) is 31.9 Å². The molecule has 10 heteroatoms. The first-order valence-electron chi connectivity index (χ1n) is 10.1. The number of rotatable bonds is 8. The molecule has 4 rings (SSSR count). The first kappa shape index (κ1) is 20.7. The van der Waals surface area contributed by atoms with E-state index in [-0.39, 0.29) is 18.6 Å². The maximum atomic E-state index is 12.1. The van der Waals surface area contributed by atoms with Crippen molar-refractivity contribution in [1.29, 1.82) is 0 Å². The van der Waals surface area contributed by atoms with Crippen LogP contribution in [0.2, 0.25) is 0 Å². The number of aliphatic hydroxyl groups excluding tert-OH is 1. The second-order valence-electron chi connectivity index (χ2n) is 7.39. The van der Waals surface area contributed by atoms with Crippen LogP contribution in [0.1, 0.15) is 37.2 Å². The molecule has 0 bridgehead atoms. The van der Waals surface area contributed by atoms with Gasteiger partial charge >= 0.3 is 6.09 Å². The fraction of sp³-hybridized carbons (Fsp3) is 0.381. The molecule has 0 saturated carbocycles. The van der Waals surface area contributed by atoms with Crippen LogP contribution in [0, 0.1) is 0 Å². The number of ether oxygens (including phenoxy) is 1. The summed E-state index contributed by atoms with van der Waals surface area (Å²) in [6.07, 6.45) is 1.71. The third-order valence-corrected chi connectivity index (χ3v) is 5.03. The second-order valence-corrected chi connectivity index (χ2v) is 7.39. The molecule has 3 aromatic rings. The normalized spacial score (nSPS) is 18.0. The van der Waals surface area contributed by atoms with Gasteiger partial charge < -0.3 is 19.7 Å². The quantitative estimate of drug-likeness (QED) is 0.561. The predicted molar refractivity (Wildman–Crippen MR) is 112 cm³/mol. The van der Waals surface area contributed by atoms with Gasteiger partial charge in [0.05, 0.1) is 6.10 Å². The van der Waals surface area contributed by atoms with E-state index in [2.05, 4.69) is 37.6 Å². The maximum Gasteiger partial charge on any atom is 0.416 e. The van der Waals surface area contributed by atoms with Crippen molar-refractivity contribution in [2.45, 2.75) is 44.9 Å². The summed E-state index contributed by atoms with van der Waals surface area (Å²) in [5, 5.41) is 17.1. The Hall–Kier alpha value is -3.53. The minimum atomic E-state index is -0.760. The number of cyclic esters (lactones) is 1. The number of carbonyl (C=O) groups is 1. The summed E-state index contributed by atoms with van der Waals surface area (Å²) in [6, 6.07) is 10.9. The summed E-state index contributed by atoms with van der Waals surface area (Å²) in [5.74, 6) is 1.67. The van der Waals surface area contributed by atoms with Crippen molar-refractivity contribution in [2.24, 2.45) is 0 Å². The number of nitrogens with zero attached hydrogens (tertiary/aromatic N) is 5. The van der Waals surface area contributed by atoms with Crippen molar-refractivity contribution >= 4 is 17.9 Å². The molecule has 10 nitrogen and oxygen atoms in total. The molecule has 1 saturated heterocycles. The van der Waals surface area contributed by atoms with Gasteiger partial charge in [0.2, 0.25) is 11.8 Å². The van der Waals surface area contributed by atoms with Gasteiger partial charge in [0, 0.05) is 12.6 Å². The number of carbonyl (C=O) groups excluding carboxylic acids is 1. The Bertz CT molecular complexity index is 1030. The Kier molecular flexibility index (Phi) is 6.08. The first-order valence-corrected chi connectivity index (χ1v) is 10.1. The van der Waals surface area contributed by atoms with Crippen molar-refractivity contribution < 1.29 is 19.2 Å². The van der Waals surface area contributed by atoms with Crippen LogP contribution in [0.4, 0.5) is 16.6 Å². The van der Waals surface area contributed by atoms with Gasteiger partial charge in [-0.3, -0.25) is 4.90 Å². The van der Waals surface area contributed by atoms with Crippen LogP contribution >= 0.6 is 0 Å². The SMILES string of the molecule is C[C@@H](Nc1nccc(N2C(=O)OC[C@@H]2[C@@H](C)O)n1)c1nc(CCc2ccccc2)no1. The molecular weight excluding hydrogens is 400 g/mol. The molecule has 2 aromatic heterocycles. The van der Waals surface area contributed by atoms with Gasteiger partial charge in [-0.25, -0.2) is 9.78 Å². The lowest BCUT2D eigenvalue weighted by atomic mass is 10.1. The van der Waals surface area contributed by atoms with Gasteiger partial charge in [-0.2, -0.15) is 9.97 Å². The number of aromatic nitrogens is 4. The minimum Gasteiger partial charge on any atom is -0.447 e. The van der Waals surface area contributed by atoms with E-state index in [1.807, 2.05) is 25.1 Å². The number of aliphatic hydroxyl groups is 1. The van der Waals surface area contributed by atoms with Crippen molar-refractivity contribution in [3.05, 3.63) is 59.9 Å². The Morgan fingerprint density at radius 1 is 1.19 bits per heavy atom. The molecule has 2 N–H and O–H groups in total. The molecular formula is C21H24N6O4. The van der Waals surface area contributed by atoms with Crippen molar-refractivity contribution in [2.75, 3.05) is 16.8 Å². The van der Waals surface area contributed by atoms with Crippen molar-refractivity contribution in [1.82, 2.24) is 20.1 Å². The largest absolute Gasteiger partial charge is 0.447 e. The molecule has 0 radical (unpaired) electrons. The van der Waals surface area contributed by atoms with Crippen molar-refractivity contribution in [3.8, 4) is 0 Å². The number of hydrogen-bond acceptors (Lipinski definition) is 9. The molecule has 0 aliphatic carbocycles. The third-order valence-electron chi connectivity index (χ3n) is 5.03. The Morgan fingerprint density at radius 2 is 2.00 bits per heavy atom. The van der Waals surface area contributed by atoms with E-state index in [0.717, 1.165) is 6.42 Å². The second kappa shape index (κ2) is 9.09. The molecule has 1 aliphatic rings. The Balaban J connectivity index is 1.41. The lowest BCUT2D eigenvalue weighted by Crippen LogP contribution is -2.41. The fourth-order valence-corrected chi connectivity index (χ4v) is 3.31. The molecule has 31 heavy (non-hydrogen) atoms. The highest BCUT2D eigenvalue weighted by Crippen LogP contribution is 2.24. The molecule has 0 unspecified atom stereocenters. The number of benzene rings is 1. The molecule has 3 heterocycles. The molecule has 0 spiro atoms. The smallest absolute Gasteiger partial charge is 0.416 e. The van der Waals surface area contributed by atoms with E-state index in [1.165, 1.54) is 16.7 Å². The molecule has 3 atom stereocenters. The number of anilines is 2. The van der Waals surface area contributed by atoms with Gasteiger partial charge in [0.1, 0.15) is 24.5 Å². The van der Waals surface area contributed by atoms with E-state index in [9.17, 15) is 9.90 Å². The molecule has 1 aliphatic heterocycles. The molecule has 1 amide bonds. The van der Waals surface area contributed by atoms with Crippen molar-refractivity contribution in [3.63, 3.8) is 0 Å². The predicted octanol–water partition coefficient (Wildman–Crippen LogP) is 2.52. The number of aryl methyl sites for hydroxylation is 2. The highest BCUT2D eigenvalue weighted by Gasteiger charge is 2.38. The van der Waals surface area contributed by atoms with E-state index in [0.29, 0.717) is 24.0 Å². The summed E-state index contributed by atoms with van der Waals surface area (Å²) < 4.78 is 10.4. The third kappa shape index (κ3) is 4.80. The van der Waals surface area contributed by atoms with Gasteiger partial charge in [0.25, 0.3) is 0 Å². The summed E-state index contributed by atoms with van der Waals surface area (Å²) in [4.78, 5) is 26.5. The average Bonchev–Trinajstić information content (AvgIpc) is 3.40. The maximum absolute atomic E-state index is 12.1. The number of hydrogen-bond donors (Lipinski definition) is 2. The summed E-state index contributed by atoms with van der Waals surface area (Å²) in [5.41, 5.74) is 1.21. The lowest BCUT2D eigenvalue weighted by Gasteiger charge is -2.22. The highest BCUT2D eigenvalue weighted by atomic mass is 16.6. The van der Waals surface area contributed by atoms with Crippen LogP contribution in [-0.2, 0) is 17.6 Å². The fourth-order valence-electron chi connectivity index (χ4n) is 3.31. The van der Waals surface area contributed by atoms with E-state index in [4.69, 9.17) is 9.26 Å². The summed E-state index contributed by atoms with van der Waals surface area (Å²) in [7, 11) is 0. The standard InChI is InChI=1S/C21H24N6O4/c1-13(19-24-17(26-31-19)9-8-15-6-4-3-5-7-15)23-20-22-11-10-18(25-20)27-16(14(2)28)12-30-21(27)29/h3-7,10-11,13-14,16,28H,8-9,12H2,1-2H3,(H,22,23,25)/t13-,14-,16-/m1/s1. The van der Waals surface area contributed by atoms with E-state index >= 15 is 0 Å². The van der Waals surface area contributed by atoms with Crippen LogP contribution in [0.5, 0.6) is 0 Å². The zero-order valence-corrected chi connectivity index (χ0v) is 17.3. The van der Waals surface area contributed by atoms with Gasteiger partial charge in [0.15, 0.2) is 5.82 Å². The first-order chi connectivity index (χ1) is 15.0. The zero-order valence-electron chi connectivity index (χ0n) is 17.3. The molecule has 1 fully saturated rings. The Labute approximate surface area is 179 Å². The molecule has 1 aromatic carbocycles. The van der Waals surface area contributed by atoms with Gasteiger partial charge in [-0.15, -0.1) is 0 Å². The minimum absolute atomic E-state index is 0.105. The summed E-state index contributed by atoms with van der Waals surface area (Å²) in [6.45, 7) is 3.56. The van der Waals surface area contributed by atoms with E-state index in [1.54, 1.807) is 13.0 Å². The summed E-state index contributed by atoms with van der Waals surface area (Å²) >= 11 is 0. The Morgan fingerprint density at radius 3 is 2.77 bits per heavy atom. The highest BCUT2D eigenvalue weighted by molar-refractivity contribution is 5.89. The van der Waals surface area contributed by atoms with Crippen LogP contribution in [0.25, 0.3) is 0 Å².